The van der Waals surface area contributed by atoms with Crippen LogP contribution >= 0.6 is 11.6 Å². The number of imidazole rings is 1. The van der Waals surface area contributed by atoms with Crippen molar-refractivity contribution in [1.29, 1.82) is 0 Å². The Labute approximate surface area is 180 Å². The summed E-state index contributed by atoms with van der Waals surface area (Å²) in [5.74, 6) is -0.862. The number of hydrogen-bond donors (Lipinski definition) is 3. The Bertz CT molecular complexity index is 1430. The predicted octanol–water partition coefficient (Wildman–Crippen LogP) is 4.78. The van der Waals surface area contributed by atoms with Gasteiger partial charge in [-0.2, -0.15) is 0 Å². The van der Waals surface area contributed by atoms with Crippen LogP contribution in [-0.4, -0.2) is 31.1 Å². The van der Waals surface area contributed by atoms with E-state index in [-0.39, 0.29) is 10.8 Å². The number of amides is 1. The average molecular weight is 435 g/mol. The molecule has 1 amide bonds. The molecule has 0 aliphatic heterocycles. The molecule has 3 aromatic heterocycles. The van der Waals surface area contributed by atoms with Crippen LogP contribution in [0.2, 0.25) is 5.02 Å². The first-order valence-electron chi connectivity index (χ1n) is 9.53. The summed E-state index contributed by atoms with van der Waals surface area (Å²) in [7, 11) is 0. The molecule has 0 unspecified atom stereocenters. The highest BCUT2D eigenvalue weighted by Gasteiger charge is 2.18. The normalized spacial score (nSPS) is 12.4. The quantitative estimate of drug-likeness (QED) is 0.379. The largest absolute Gasteiger partial charge is 0.343 e. The summed E-state index contributed by atoms with van der Waals surface area (Å²) in [6, 6.07) is 11.5. The van der Waals surface area contributed by atoms with Gasteiger partial charge in [0.25, 0.3) is 5.91 Å². The van der Waals surface area contributed by atoms with E-state index in [1.54, 1.807) is 25.4 Å². The summed E-state index contributed by atoms with van der Waals surface area (Å²) >= 11 is 5.84. The van der Waals surface area contributed by atoms with Crippen molar-refractivity contribution < 1.29 is 9.18 Å². The summed E-state index contributed by atoms with van der Waals surface area (Å²) in [5.41, 5.74) is 4.62. The lowest BCUT2D eigenvalue weighted by Crippen LogP contribution is -2.27. The average Bonchev–Trinajstić information content (AvgIpc) is 3.38. The van der Waals surface area contributed by atoms with Crippen LogP contribution < -0.4 is 5.32 Å². The van der Waals surface area contributed by atoms with E-state index in [0.717, 1.165) is 22.2 Å². The number of carbonyl (C=O) groups excluding carboxylic acids is 1. The van der Waals surface area contributed by atoms with Crippen molar-refractivity contribution in [3.63, 3.8) is 0 Å². The van der Waals surface area contributed by atoms with Gasteiger partial charge in [0, 0.05) is 23.3 Å². The Kier molecular flexibility index (Phi) is 4.63. The smallest absolute Gasteiger partial charge is 0.289 e. The van der Waals surface area contributed by atoms with E-state index in [2.05, 4.69) is 30.5 Å². The molecule has 154 valence electrons. The van der Waals surface area contributed by atoms with Gasteiger partial charge in [0.05, 0.1) is 33.3 Å². The van der Waals surface area contributed by atoms with Crippen molar-refractivity contribution in [3.8, 4) is 11.3 Å². The Morgan fingerprint density at radius 1 is 1.06 bits per heavy atom. The lowest BCUT2D eigenvalue weighted by Gasteiger charge is -2.13. The monoisotopic (exact) mass is 434 g/mol. The van der Waals surface area contributed by atoms with Crippen LogP contribution in [-0.2, 0) is 0 Å². The Morgan fingerprint density at radius 2 is 1.81 bits per heavy atom. The molecular formula is C22H16ClFN6O. The number of pyridine rings is 1. The maximum atomic E-state index is 13.4. The van der Waals surface area contributed by atoms with Gasteiger partial charge in [0.1, 0.15) is 5.82 Å². The van der Waals surface area contributed by atoms with E-state index >= 15 is 0 Å². The first-order chi connectivity index (χ1) is 15.0. The predicted molar refractivity (Wildman–Crippen MR) is 116 cm³/mol. The SMILES string of the molecule is C[C@@H](NC(=O)c1nc2cc3[nH][nH]c(-c4ccncc4)c3cc2n1)c1ccc(F)c(Cl)c1. The van der Waals surface area contributed by atoms with Crippen molar-refractivity contribution in [2.75, 3.05) is 0 Å². The molecule has 3 heterocycles. The van der Waals surface area contributed by atoms with Crippen molar-refractivity contribution in [2.45, 2.75) is 13.0 Å². The highest BCUT2D eigenvalue weighted by atomic mass is 35.5. The van der Waals surface area contributed by atoms with Crippen LogP contribution in [0.3, 0.4) is 0 Å². The van der Waals surface area contributed by atoms with E-state index in [0.29, 0.717) is 16.6 Å². The van der Waals surface area contributed by atoms with Crippen LogP contribution in [0.4, 0.5) is 4.39 Å². The number of carbonyl (C=O) groups is 1. The Morgan fingerprint density at radius 3 is 2.55 bits per heavy atom. The van der Waals surface area contributed by atoms with Crippen LogP contribution in [0, 0.1) is 5.82 Å². The lowest BCUT2D eigenvalue weighted by atomic mass is 10.1. The minimum Gasteiger partial charge on any atom is -0.343 e. The first-order valence-corrected chi connectivity index (χ1v) is 9.91. The summed E-state index contributed by atoms with van der Waals surface area (Å²) in [6.07, 6.45) is 3.45. The van der Waals surface area contributed by atoms with Crippen LogP contribution in [0.25, 0.3) is 33.2 Å². The standard InChI is InChI=1S/C22H16ClFN6O/c1-11(13-2-3-16(24)15(23)8-13)26-22(31)21-27-18-9-14-17(10-19(18)28-21)29-30-20(14)12-4-6-25-7-5-12/h2-11,29-30H,1H3,(H,26,31)/t11-/m1/s1. The second-order valence-electron chi connectivity index (χ2n) is 7.16. The molecule has 5 aromatic rings. The van der Waals surface area contributed by atoms with Gasteiger partial charge in [-0.15, -0.1) is 0 Å². The van der Waals surface area contributed by atoms with Gasteiger partial charge in [-0.05, 0) is 48.9 Å². The molecular weight excluding hydrogens is 419 g/mol. The molecule has 0 saturated carbocycles. The fourth-order valence-corrected chi connectivity index (χ4v) is 3.68. The Balaban J connectivity index is 1.45. The minimum atomic E-state index is -0.506. The molecule has 2 aromatic carbocycles. The highest BCUT2D eigenvalue weighted by molar-refractivity contribution is 6.30. The maximum absolute atomic E-state index is 13.4. The molecule has 0 aliphatic carbocycles. The van der Waals surface area contributed by atoms with Crippen molar-refractivity contribution in [3.05, 3.63) is 77.1 Å². The molecule has 31 heavy (non-hydrogen) atoms. The zero-order valence-corrected chi connectivity index (χ0v) is 17.0. The molecule has 0 saturated heterocycles. The maximum Gasteiger partial charge on any atom is 0.289 e. The van der Waals surface area contributed by atoms with E-state index in [1.807, 2.05) is 24.3 Å². The molecule has 0 fully saturated rings. The molecule has 7 nitrogen and oxygen atoms in total. The first kappa shape index (κ1) is 19.2. The third-order valence-corrected chi connectivity index (χ3v) is 5.41. The van der Waals surface area contributed by atoms with E-state index in [9.17, 15) is 9.18 Å². The van der Waals surface area contributed by atoms with Crippen molar-refractivity contribution in [1.82, 2.24) is 30.5 Å². The van der Waals surface area contributed by atoms with E-state index < -0.39 is 17.8 Å². The van der Waals surface area contributed by atoms with E-state index in [1.165, 1.54) is 12.1 Å². The Hall–Kier alpha value is -3.78. The molecule has 9 heteroatoms. The fraction of sp³-hybridized carbons (Fsp3) is 0.0909. The van der Waals surface area contributed by atoms with Crippen LogP contribution in [0.1, 0.15) is 29.1 Å². The highest BCUT2D eigenvalue weighted by Crippen LogP contribution is 2.29. The second-order valence-corrected chi connectivity index (χ2v) is 7.57. The summed E-state index contributed by atoms with van der Waals surface area (Å²) in [5, 5.41) is 10.0. The lowest BCUT2D eigenvalue weighted by molar-refractivity contribution is 0.0930. The van der Waals surface area contributed by atoms with E-state index in [4.69, 9.17) is 11.6 Å². The van der Waals surface area contributed by atoms with Crippen LogP contribution in [0.5, 0.6) is 0 Å². The minimum absolute atomic E-state index is 0.00535. The molecule has 0 radical (unpaired) electrons. The van der Waals surface area contributed by atoms with Crippen molar-refractivity contribution >= 4 is 39.4 Å². The number of nitrogens with one attached hydrogen (secondary N) is 3. The van der Waals surface area contributed by atoms with Gasteiger partial charge >= 0.3 is 0 Å². The number of rotatable bonds is 4. The molecule has 0 spiro atoms. The zero-order chi connectivity index (χ0) is 21.5. The van der Waals surface area contributed by atoms with Gasteiger partial charge in [0.2, 0.25) is 5.82 Å². The molecule has 5 rings (SSSR count). The van der Waals surface area contributed by atoms with Crippen LogP contribution in [0.15, 0.2) is 54.9 Å². The van der Waals surface area contributed by atoms with Gasteiger partial charge in [-0.1, -0.05) is 17.7 Å². The number of benzene rings is 2. The van der Waals surface area contributed by atoms with Gasteiger partial charge < -0.3 is 10.4 Å². The number of halogens is 2. The third-order valence-electron chi connectivity index (χ3n) is 5.12. The second kappa shape index (κ2) is 7.48. The number of nitrogens with zero attached hydrogens (tertiary/aromatic N) is 3. The third kappa shape index (κ3) is 3.51. The number of H-pyrrole nitrogens is 2. The summed E-state index contributed by atoms with van der Waals surface area (Å²) < 4.78 is 13.4. The van der Waals surface area contributed by atoms with Gasteiger partial charge in [0.15, 0.2) is 0 Å². The van der Waals surface area contributed by atoms with Gasteiger partial charge in [-0.25, -0.2) is 14.4 Å². The summed E-state index contributed by atoms with van der Waals surface area (Å²) in [4.78, 5) is 25.5. The molecule has 3 N–H and O–H groups in total. The number of fused-ring (bicyclic) bond motifs is 2. The molecule has 0 aliphatic rings. The number of aromatic amines is 2. The topological polar surface area (TPSA) is 99.3 Å². The zero-order valence-electron chi connectivity index (χ0n) is 16.3. The van der Waals surface area contributed by atoms with Crippen molar-refractivity contribution in [2.24, 2.45) is 0 Å². The molecule has 0 bridgehead atoms. The number of hydrogen-bond acceptors (Lipinski definition) is 4. The number of aromatic nitrogens is 5. The summed E-state index contributed by atoms with van der Waals surface area (Å²) in [6.45, 7) is 1.78. The molecule has 1 atom stereocenters. The van der Waals surface area contributed by atoms with Gasteiger partial charge in [-0.3, -0.25) is 14.9 Å². The fourth-order valence-electron chi connectivity index (χ4n) is 3.49.